The molecule has 1 atom stereocenters. The van der Waals surface area contributed by atoms with E-state index < -0.39 is 6.10 Å². The molecule has 1 N–H and O–H groups in total. The van der Waals surface area contributed by atoms with Crippen molar-refractivity contribution in [2.45, 2.75) is 45.8 Å². The predicted molar refractivity (Wildman–Crippen MR) is 63.3 cm³/mol. The highest BCUT2D eigenvalue weighted by atomic mass is 16.5. The second-order valence-electron chi connectivity index (χ2n) is 3.90. The van der Waals surface area contributed by atoms with Crippen LogP contribution in [-0.4, -0.2) is 27.5 Å². The van der Waals surface area contributed by atoms with Crippen molar-refractivity contribution in [3.63, 3.8) is 0 Å². The molecule has 1 aromatic heterocycles. The lowest BCUT2D eigenvalue weighted by Crippen LogP contribution is -2.06. The van der Waals surface area contributed by atoms with Crippen LogP contribution >= 0.6 is 0 Å². The summed E-state index contributed by atoms with van der Waals surface area (Å²) in [6, 6.07) is 0. The summed E-state index contributed by atoms with van der Waals surface area (Å²) in [5.41, 5.74) is 0.753. The number of aromatic nitrogens is 2. The van der Waals surface area contributed by atoms with Gasteiger partial charge in [0.1, 0.15) is 0 Å². The minimum Gasteiger partial charge on any atom is -0.466 e. The number of hydrogen-bond acceptors (Lipinski definition) is 4. The van der Waals surface area contributed by atoms with Crippen LogP contribution in [0.3, 0.4) is 0 Å². The number of nitrogens with zero attached hydrogens (tertiary/aromatic N) is 2. The van der Waals surface area contributed by atoms with Crippen molar-refractivity contribution in [2.24, 2.45) is 0 Å². The molecule has 0 saturated carbocycles. The van der Waals surface area contributed by atoms with Crippen LogP contribution in [0.2, 0.25) is 0 Å². The van der Waals surface area contributed by atoms with Gasteiger partial charge in [-0.1, -0.05) is 6.92 Å². The smallest absolute Gasteiger partial charge is 0.305 e. The van der Waals surface area contributed by atoms with Gasteiger partial charge in [0.15, 0.2) is 0 Å². The molecule has 1 aromatic rings. The minimum absolute atomic E-state index is 0.230. The highest BCUT2D eigenvalue weighted by Gasteiger charge is 2.12. The van der Waals surface area contributed by atoms with Gasteiger partial charge >= 0.3 is 5.97 Å². The highest BCUT2D eigenvalue weighted by molar-refractivity contribution is 5.69. The number of aliphatic hydroxyl groups is 1. The SMILES string of the molecule is CCCn1cc(C(O)CCC(=O)OCC)cn1. The molecule has 0 aromatic carbocycles. The first-order valence-corrected chi connectivity index (χ1v) is 6.03. The summed E-state index contributed by atoms with van der Waals surface area (Å²) < 4.78 is 6.60. The van der Waals surface area contributed by atoms with Crippen LogP contribution in [0.25, 0.3) is 0 Å². The van der Waals surface area contributed by atoms with Crippen LogP contribution in [0.4, 0.5) is 0 Å². The fourth-order valence-electron chi connectivity index (χ4n) is 1.56. The van der Waals surface area contributed by atoms with Crippen molar-refractivity contribution in [1.82, 2.24) is 9.78 Å². The summed E-state index contributed by atoms with van der Waals surface area (Å²) in [5.74, 6) is -0.271. The predicted octanol–water partition coefficient (Wildman–Crippen LogP) is 1.67. The number of aliphatic hydroxyl groups excluding tert-OH is 1. The van der Waals surface area contributed by atoms with Gasteiger partial charge in [-0.05, 0) is 19.8 Å². The Labute approximate surface area is 101 Å². The van der Waals surface area contributed by atoms with Gasteiger partial charge in [0.25, 0.3) is 0 Å². The molecule has 96 valence electrons. The van der Waals surface area contributed by atoms with Crippen molar-refractivity contribution >= 4 is 5.97 Å². The van der Waals surface area contributed by atoms with Crippen LogP contribution in [0.15, 0.2) is 12.4 Å². The van der Waals surface area contributed by atoms with E-state index in [1.807, 2.05) is 6.20 Å². The quantitative estimate of drug-likeness (QED) is 0.736. The summed E-state index contributed by atoms with van der Waals surface area (Å²) >= 11 is 0. The maximum Gasteiger partial charge on any atom is 0.305 e. The molecule has 0 aliphatic carbocycles. The van der Waals surface area contributed by atoms with Gasteiger partial charge in [-0.3, -0.25) is 9.48 Å². The molecule has 5 heteroatoms. The molecular formula is C12H20N2O3. The Hall–Kier alpha value is -1.36. The standard InChI is InChI=1S/C12H20N2O3/c1-3-7-14-9-10(8-13-14)11(15)5-6-12(16)17-4-2/h8-9,11,15H,3-7H2,1-2H3. The van der Waals surface area contributed by atoms with Crippen molar-refractivity contribution < 1.29 is 14.6 Å². The lowest BCUT2D eigenvalue weighted by molar-refractivity contribution is -0.143. The minimum atomic E-state index is -0.648. The molecule has 17 heavy (non-hydrogen) atoms. The van der Waals surface area contributed by atoms with E-state index in [4.69, 9.17) is 4.74 Å². The molecule has 0 aliphatic heterocycles. The second-order valence-corrected chi connectivity index (χ2v) is 3.90. The van der Waals surface area contributed by atoms with E-state index in [1.165, 1.54) is 0 Å². The zero-order chi connectivity index (χ0) is 12.7. The fourth-order valence-corrected chi connectivity index (χ4v) is 1.56. The molecule has 5 nitrogen and oxygen atoms in total. The maximum atomic E-state index is 11.1. The average Bonchev–Trinajstić information content (AvgIpc) is 2.75. The molecule has 1 heterocycles. The van der Waals surface area contributed by atoms with Crippen molar-refractivity contribution in [3.05, 3.63) is 18.0 Å². The van der Waals surface area contributed by atoms with Crippen LogP contribution in [0, 0.1) is 0 Å². The van der Waals surface area contributed by atoms with Crippen LogP contribution in [0.5, 0.6) is 0 Å². The Balaban J connectivity index is 2.40. The zero-order valence-electron chi connectivity index (χ0n) is 10.4. The topological polar surface area (TPSA) is 64.4 Å². The molecule has 0 aliphatic rings. The van der Waals surface area contributed by atoms with Gasteiger partial charge < -0.3 is 9.84 Å². The average molecular weight is 240 g/mol. The summed E-state index contributed by atoms with van der Waals surface area (Å²) in [7, 11) is 0. The van der Waals surface area contributed by atoms with Gasteiger partial charge in [-0.25, -0.2) is 0 Å². The van der Waals surface area contributed by atoms with Gasteiger partial charge in [0.2, 0.25) is 0 Å². The van der Waals surface area contributed by atoms with Crippen molar-refractivity contribution in [1.29, 1.82) is 0 Å². The van der Waals surface area contributed by atoms with Crippen molar-refractivity contribution in [2.75, 3.05) is 6.61 Å². The second kappa shape index (κ2) is 7.06. The maximum absolute atomic E-state index is 11.1. The third-order valence-corrected chi connectivity index (χ3v) is 2.42. The van der Waals surface area contributed by atoms with E-state index in [2.05, 4.69) is 12.0 Å². The Morgan fingerprint density at radius 1 is 1.59 bits per heavy atom. The number of carbonyl (C=O) groups is 1. The highest BCUT2D eigenvalue weighted by Crippen LogP contribution is 2.17. The van der Waals surface area contributed by atoms with E-state index in [1.54, 1.807) is 17.8 Å². The lowest BCUT2D eigenvalue weighted by atomic mass is 10.1. The molecule has 0 radical (unpaired) electrons. The van der Waals surface area contributed by atoms with Gasteiger partial charge in [-0.15, -0.1) is 0 Å². The van der Waals surface area contributed by atoms with Gasteiger partial charge in [-0.2, -0.15) is 5.10 Å². The first-order chi connectivity index (χ1) is 8.17. The number of rotatable bonds is 7. The van der Waals surface area contributed by atoms with E-state index >= 15 is 0 Å². The number of aryl methyl sites for hydroxylation is 1. The summed E-state index contributed by atoms with van der Waals surface area (Å²) in [6.07, 6.45) is 4.42. The molecular weight excluding hydrogens is 220 g/mol. The zero-order valence-corrected chi connectivity index (χ0v) is 10.4. The van der Waals surface area contributed by atoms with Crippen LogP contribution < -0.4 is 0 Å². The van der Waals surface area contributed by atoms with Crippen molar-refractivity contribution in [3.8, 4) is 0 Å². The first-order valence-electron chi connectivity index (χ1n) is 6.03. The van der Waals surface area contributed by atoms with Crippen LogP contribution in [-0.2, 0) is 16.1 Å². The third kappa shape index (κ3) is 4.56. The summed E-state index contributed by atoms with van der Waals surface area (Å²) in [6.45, 7) is 5.05. The van der Waals surface area contributed by atoms with Crippen LogP contribution in [0.1, 0.15) is 44.8 Å². The lowest BCUT2D eigenvalue weighted by Gasteiger charge is -2.07. The largest absolute Gasteiger partial charge is 0.466 e. The first kappa shape index (κ1) is 13.7. The van der Waals surface area contributed by atoms with E-state index in [-0.39, 0.29) is 12.4 Å². The number of carbonyl (C=O) groups excluding carboxylic acids is 1. The molecule has 1 unspecified atom stereocenters. The van der Waals surface area contributed by atoms with Gasteiger partial charge in [0.05, 0.1) is 18.9 Å². The summed E-state index contributed by atoms with van der Waals surface area (Å²) in [5, 5.41) is 14.0. The molecule has 0 amide bonds. The molecule has 0 fully saturated rings. The van der Waals surface area contributed by atoms with Gasteiger partial charge in [0, 0.05) is 24.7 Å². The summed E-state index contributed by atoms with van der Waals surface area (Å²) in [4.78, 5) is 11.1. The van der Waals surface area contributed by atoms with E-state index in [0.717, 1.165) is 18.5 Å². The number of ether oxygens (including phenoxy) is 1. The molecule has 0 spiro atoms. The van der Waals surface area contributed by atoms with E-state index in [0.29, 0.717) is 13.0 Å². The fraction of sp³-hybridized carbons (Fsp3) is 0.667. The molecule has 1 rings (SSSR count). The number of esters is 1. The monoisotopic (exact) mass is 240 g/mol. The Morgan fingerprint density at radius 3 is 3.00 bits per heavy atom. The third-order valence-electron chi connectivity index (χ3n) is 2.42. The molecule has 0 saturated heterocycles. The Kier molecular flexibility index (Phi) is 5.69. The normalized spacial score (nSPS) is 12.4. The molecule has 0 bridgehead atoms. The Bertz CT molecular complexity index is 349. The Morgan fingerprint density at radius 2 is 2.35 bits per heavy atom. The number of hydrogen-bond donors (Lipinski definition) is 1. The van der Waals surface area contributed by atoms with E-state index in [9.17, 15) is 9.90 Å².